The second kappa shape index (κ2) is 10.2. The SMILES string of the molecule is CCN(CC)S(=O)(=O)c1cccc(-c2nnc(SC(C)CCc3ccccc3)o2)c1. The predicted molar refractivity (Wildman–Crippen MR) is 120 cm³/mol. The Labute approximate surface area is 182 Å². The zero-order chi connectivity index (χ0) is 21.6. The van der Waals surface area contributed by atoms with Gasteiger partial charge in [0, 0.05) is 23.9 Å². The molecule has 1 atom stereocenters. The molecule has 0 amide bonds. The number of rotatable bonds is 10. The summed E-state index contributed by atoms with van der Waals surface area (Å²) in [5.74, 6) is 0.323. The van der Waals surface area contributed by atoms with Crippen molar-refractivity contribution in [3.8, 4) is 11.5 Å². The number of benzene rings is 2. The fraction of sp³-hybridized carbons (Fsp3) is 0.364. The summed E-state index contributed by atoms with van der Waals surface area (Å²) in [6.45, 7) is 6.63. The van der Waals surface area contributed by atoms with Crippen molar-refractivity contribution in [3.05, 3.63) is 60.2 Å². The maximum Gasteiger partial charge on any atom is 0.277 e. The van der Waals surface area contributed by atoms with E-state index in [-0.39, 0.29) is 4.90 Å². The summed E-state index contributed by atoms with van der Waals surface area (Å²) in [6, 6.07) is 17.0. The minimum Gasteiger partial charge on any atom is -0.411 e. The molecule has 0 radical (unpaired) electrons. The minimum atomic E-state index is -3.54. The van der Waals surface area contributed by atoms with Gasteiger partial charge >= 0.3 is 0 Å². The van der Waals surface area contributed by atoms with E-state index in [1.807, 2.05) is 32.0 Å². The molecule has 160 valence electrons. The zero-order valence-corrected chi connectivity index (χ0v) is 19.1. The fourth-order valence-electron chi connectivity index (χ4n) is 3.12. The number of hydrogen-bond donors (Lipinski definition) is 0. The van der Waals surface area contributed by atoms with Gasteiger partial charge in [-0.05, 0) is 36.6 Å². The smallest absolute Gasteiger partial charge is 0.277 e. The lowest BCUT2D eigenvalue weighted by Gasteiger charge is -2.18. The van der Waals surface area contributed by atoms with Crippen molar-refractivity contribution in [1.82, 2.24) is 14.5 Å². The van der Waals surface area contributed by atoms with Gasteiger partial charge in [-0.2, -0.15) is 4.31 Å². The van der Waals surface area contributed by atoms with E-state index in [1.165, 1.54) is 21.6 Å². The quantitative estimate of drug-likeness (QED) is 0.414. The van der Waals surface area contributed by atoms with Crippen molar-refractivity contribution < 1.29 is 12.8 Å². The van der Waals surface area contributed by atoms with Crippen molar-refractivity contribution in [2.45, 2.75) is 49.0 Å². The van der Waals surface area contributed by atoms with E-state index >= 15 is 0 Å². The molecular formula is C22H27N3O3S2. The third-order valence-electron chi connectivity index (χ3n) is 4.82. The summed E-state index contributed by atoms with van der Waals surface area (Å²) in [4.78, 5) is 0.229. The Hall–Kier alpha value is -2.16. The molecule has 0 N–H and O–H groups in total. The second-order valence-electron chi connectivity index (χ2n) is 6.94. The Kier molecular flexibility index (Phi) is 7.69. The number of thioether (sulfide) groups is 1. The third-order valence-corrected chi connectivity index (χ3v) is 7.87. The molecule has 0 aliphatic rings. The van der Waals surface area contributed by atoms with Gasteiger partial charge in [0.15, 0.2) is 0 Å². The molecule has 0 saturated heterocycles. The van der Waals surface area contributed by atoms with Crippen LogP contribution in [0.4, 0.5) is 0 Å². The highest BCUT2D eigenvalue weighted by molar-refractivity contribution is 7.99. The summed E-state index contributed by atoms with van der Waals surface area (Å²) in [5, 5.41) is 9.05. The van der Waals surface area contributed by atoms with Gasteiger partial charge in [0.2, 0.25) is 15.9 Å². The summed E-state index contributed by atoms with van der Waals surface area (Å²) in [7, 11) is -3.54. The van der Waals surface area contributed by atoms with Crippen LogP contribution in [0.5, 0.6) is 0 Å². The van der Waals surface area contributed by atoms with Gasteiger partial charge in [-0.1, -0.05) is 68.9 Å². The van der Waals surface area contributed by atoms with Crippen molar-refractivity contribution >= 4 is 21.8 Å². The van der Waals surface area contributed by atoms with Crippen LogP contribution in [-0.4, -0.2) is 41.3 Å². The lowest BCUT2D eigenvalue weighted by atomic mass is 10.1. The van der Waals surface area contributed by atoms with E-state index in [0.717, 1.165) is 12.8 Å². The van der Waals surface area contributed by atoms with E-state index < -0.39 is 10.0 Å². The van der Waals surface area contributed by atoms with E-state index in [4.69, 9.17) is 4.42 Å². The normalized spacial score (nSPS) is 12.9. The molecule has 1 unspecified atom stereocenters. The van der Waals surface area contributed by atoms with Gasteiger partial charge in [-0.15, -0.1) is 10.2 Å². The van der Waals surface area contributed by atoms with Crippen LogP contribution >= 0.6 is 11.8 Å². The highest BCUT2D eigenvalue weighted by Gasteiger charge is 2.22. The van der Waals surface area contributed by atoms with Crippen LogP contribution in [-0.2, 0) is 16.4 Å². The summed E-state index contributed by atoms with van der Waals surface area (Å²) < 4.78 is 32.8. The molecule has 2 aromatic carbocycles. The van der Waals surface area contributed by atoms with Crippen LogP contribution in [0.3, 0.4) is 0 Å². The van der Waals surface area contributed by atoms with Crippen LogP contribution in [0.2, 0.25) is 0 Å². The fourth-order valence-corrected chi connectivity index (χ4v) is 5.42. The van der Waals surface area contributed by atoms with Crippen LogP contribution in [0.1, 0.15) is 32.8 Å². The first kappa shape index (κ1) is 22.5. The zero-order valence-electron chi connectivity index (χ0n) is 17.5. The number of aromatic nitrogens is 2. The van der Waals surface area contributed by atoms with Crippen LogP contribution < -0.4 is 0 Å². The summed E-state index contributed by atoms with van der Waals surface area (Å²) in [5.41, 5.74) is 1.90. The molecular weight excluding hydrogens is 418 g/mol. The molecule has 1 heterocycles. The van der Waals surface area contributed by atoms with Crippen LogP contribution in [0, 0.1) is 0 Å². The van der Waals surface area contributed by atoms with Gasteiger partial charge in [0.05, 0.1) is 4.90 Å². The molecule has 0 aliphatic heterocycles. The molecule has 3 aromatic rings. The number of aryl methyl sites for hydroxylation is 1. The Morgan fingerprint density at radius 2 is 1.77 bits per heavy atom. The first-order chi connectivity index (χ1) is 14.4. The minimum absolute atomic E-state index is 0.229. The van der Waals surface area contributed by atoms with E-state index in [1.54, 1.807) is 24.3 Å². The molecule has 0 fully saturated rings. The molecule has 0 aliphatic carbocycles. The first-order valence-corrected chi connectivity index (χ1v) is 12.4. The Balaban J connectivity index is 1.68. The van der Waals surface area contributed by atoms with Crippen molar-refractivity contribution in [2.75, 3.05) is 13.1 Å². The van der Waals surface area contributed by atoms with Gasteiger partial charge < -0.3 is 4.42 Å². The lowest BCUT2D eigenvalue weighted by molar-refractivity contribution is 0.445. The van der Waals surface area contributed by atoms with Gasteiger partial charge in [0.25, 0.3) is 5.22 Å². The summed E-state index contributed by atoms with van der Waals surface area (Å²) >= 11 is 1.53. The van der Waals surface area contributed by atoms with Crippen LogP contribution in [0.25, 0.3) is 11.5 Å². The molecule has 6 nitrogen and oxygen atoms in total. The molecule has 3 rings (SSSR count). The highest BCUT2D eigenvalue weighted by Crippen LogP contribution is 2.29. The largest absolute Gasteiger partial charge is 0.411 e. The van der Waals surface area contributed by atoms with Crippen molar-refractivity contribution in [1.29, 1.82) is 0 Å². The predicted octanol–water partition coefficient (Wildman–Crippen LogP) is 4.88. The average molecular weight is 446 g/mol. The topological polar surface area (TPSA) is 76.3 Å². The van der Waals surface area contributed by atoms with Crippen LogP contribution in [0.15, 0.2) is 69.1 Å². The standard InChI is InChI=1S/C22H27N3O3S2/c1-4-25(5-2)30(26,27)20-13-9-12-19(16-20)21-23-24-22(28-21)29-17(3)14-15-18-10-7-6-8-11-18/h6-13,16-17H,4-5,14-15H2,1-3H3. The Morgan fingerprint density at radius 3 is 2.47 bits per heavy atom. The van der Waals surface area contributed by atoms with E-state index in [0.29, 0.717) is 35.0 Å². The van der Waals surface area contributed by atoms with E-state index in [2.05, 4.69) is 29.3 Å². The monoisotopic (exact) mass is 445 g/mol. The highest BCUT2D eigenvalue weighted by atomic mass is 32.2. The second-order valence-corrected chi connectivity index (χ2v) is 10.3. The Bertz CT molecular complexity index is 1050. The maximum absolute atomic E-state index is 12.8. The van der Waals surface area contributed by atoms with Crippen molar-refractivity contribution in [2.24, 2.45) is 0 Å². The molecule has 0 saturated carbocycles. The molecule has 8 heteroatoms. The number of sulfonamides is 1. The molecule has 30 heavy (non-hydrogen) atoms. The van der Waals surface area contributed by atoms with Crippen molar-refractivity contribution in [3.63, 3.8) is 0 Å². The number of hydrogen-bond acceptors (Lipinski definition) is 6. The van der Waals surface area contributed by atoms with E-state index in [9.17, 15) is 8.42 Å². The van der Waals surface area contributed by atoms with Gasteiger partial charge in [0.1, 0.15) is 0 Å². The number of nitrogens with zero attached hydrogens (tertiary/aromatic N) is 3. The molecule has 1 aromatic heterocycles. The average Bonchev–Trinajstić information content (AvgIpc) is 3.22. The molecule has 0 bridgehead atoms. The lowest BCUT2D eigenvalue weighted by Crippen LogP contribution is -2.30. The Morgan fingerprint density at radius 1 is 1.03 bits per heavy atom. The molecule has 0 spiro atoms. The van der Waals surface area contributed by atoms with Gasteiger partial charge in [-0.3, -0.25) is 0 Å². The van der Waals surface area contributed by atoms with Gasteiger partial charge in [-0.25, -0.2) is 8.42 Å². The summed E-state index contributed by atoms with van der Waals surface area (Å²) in [6.07, 6.45) is 1.98. The maximum atomic E-state index is 12.8. The third kappa shape index (κ3) is 5.50. The first-order valence-electron chi connectivity index (χ1n) is 10.1.